The number of benzene rings is 5. The monoisotopic (exact) mass is 534 g/mol. The highest BCUT2D eigenvalue weighted by molar-refractivity contribution is 6.10. The minimum absolute atomic E-state index is 0.00734. The highest BCUT2D eigenvalue weighted by atomic mass is 19.1. The molecule has 2 amide bonds. The fourth-order valence-electron chi connectivity index (χ4n) is 4.26. The summed E-state index contributed by atoms with van der Waals surface area (Å²) in [4.78, 5) is 26.1. The number of nitrogens with one attached hydrogen (secondary N) is 2. The SMILES string of the molecule is COc1ccc(C(=O)Nc2ccc(-c3ccccc3)cc2F)cc1C(=O)Nc1ccc(-c2ccccc2)cc1F. The molecule has 0 unspecified atom stereocenters. The van der Waals surface area contributed by atoms with Crippen molar-refractivity contribution in [1.82, 2.24) is 0 Å². The number of hydrogen-bond acceptors (Lipinski definition) is 3. The molecule has 0 saturated carbocycles. The van der Waals surface area contributed by atoms with Crippen molar-refractivity contribution in [2.75, 3.05) is 17.7 Å². The molecule has 2 N–H and O–H groups in total. The average molecular weight is 535 g/mol. The van der Waals surface area contributed by atoms with Gasteiger partial charge in [-0.25, -0.2) is 8.78 Å². The van der Waals surface area contributed by atoms with Crippen LogP contribution in [0.15, 0.2) is 115 Å². The predicted molar refractivity (Wildman–Crippen MR) is 153 cm³/mol. The van der Waals surface area contributed by atoms with Gasteiger partial charge in [0.25, 0.3) is 11.8 Å². The number of rotatable bonds is 7. The van der Waals surface area contributed by atoms with E-state index in [0.29, 0.717) is 11.1 Å². The second-order valence-electron chi connectivity index (χ2n) is 8.94. The van der Waals surface area contributed by atoms with Gasteiger partial charge in [-0.15, -0.1) is 0 Å². The van der Waals surface area contributed by atoms with E-state index in [2.05, 4.69) is 10.6 Å². The first-order valence-corrected chi connectivity index (χ1v) is 12.4. The van der Waals surface area contributed by atoms with Crippen molar-refractivity contribution in [2.24, 2.45) is 0 Å². The minimum atomic E-state index is -0.670. The van der Waals surface area contributed by atoms with Gasteiger partial charge in [-0.1, -0.05) is 72.8 Å². The molecule has 0 spiro atoms. The summed E-state index contributed by atoms with van der Waals surface area (Å²) in [6, 6.07) is 31.9. The maximum atomic E-state index is 14.9. The molecular weight excluding hydrogens is 510 g/mol. The third-order valence-electron chi connectivity index (χ3n) is 6.36. The molecule has 40 heavy (non-hydrogen) atoms. The molecule has 5 nitrogen and oxygen atoms in total. The molecule has 7 heteroatoms. The lowest BCUT2D eigenvalue weighted by Gasteiger charge is -2.13. The van der Waals surface area contributed by atoms with Gasteiger partial charge in [-0.05, 0) is 64.7 Å². The van der Waals surface area contributed by atoms with Crippen molar-refractivity contribution in [3.63, 3.8) is 0 Å². The molecule has 0 radical (unpaired) electrons. The normalized spacial score (nSPS) is 10.6. The molecule has 5 rings (SSSR count). The fraction of sp³-hybridized carbons (Fsp3) is 0.0303. The average Bonchev–Trinajstić information content (AvgIpc) is 2.99. The lowest BCUT2D eigenvalue weighted by molar-refractivity contribution is 0.102. The zero-order valence-corrected chi connectivity index (χ0v) is 21.5. The molecule has 5 aromatic carbocycles. The maximum absolute atomic E-state index is 14.9. The highest BCUT2D eigenvalue weighted by Gasteiger charge is 2.19. The number of carbonyl (C=O) groups is 2. The second-order valence-corrected chi connectivity index (χ2v) is 8.94. The van der Waals surface area contributed by atoms with Gasteiger partial charge in [0.05, 0.1) is 24.0 Å². The van der Waals surface area contributed by atoms with Gasteiger partial charge in [0.1, 0.15) is 17.4 Å². The number of carbonyl (C=O) groups excluding carboxylic acids is 2. The van der Waals surface area contributed by atoms with Gasteiger partial charge in [-0.2, -0.15) is 0 Å². The number of halogens is 2. The zero-order valence-electron chi connectivity index (χ0n) is 21.5. The molecule has 0 aliphatic carbocycles. The summed E-state index contributed by atoms with van der Waals surface area (Å²) in [5.74, 6) is -2.32. The molecule has 198 valence electrons. The van der Waals surface area contributed by atoms with E-state index in [1.807, 2.05) is 60.7 Å². The largest absolute Gasteiger partial charge is 0.496 e. The van der Waals surface area contributed by atoms with Gasteiger partial charge >= 0.3 is 0 Å². The maximum Gasteiger partial charge on any atom is 0.259 e. The summed E-state index contributed by atoms with van der Waals surface area (Å²) in [5, 5.41) is 5.08. The van der Waals surface area contributed by atoms with E-state index in [1.54, 1.807) is 12.1 Å². The Hall–Kier alpha value is -5.30. The van der Waals surface area contributed by atoms with Crippen LogP contribution in [0.3, 0.4) is 0 Å². The van der Waals surface area contributed by atoms with Crippen molar-refractivity contribution < 1.29 is 23.1 Å². The van der Waals surface area contributed by atoms with E-state index < -0.39 is 23.4 Å². The Bertz CT molecular complexity index is 1690. The molecular formula is C33H24F2N2O3. The number of anilines is 2. The first kappa shape index (κ1) is 26.3. The van der Waals surface area contributed by atoms with E-state index >= 15 is 0 Å². The molecule has 0 heterocycles. The quantitative estimate of drug-likeness (QED) is 0.224. The van der Waals surface area contributed by atoms with Gasteiger partial charge in [-0.3, -0.25) is 9.59 Å². The van der Waals surface area contributed by atoms with Crippen molar-refractivity contribution >= 4 is 23.2 Å². The predicted octanol–water partition coefficient (Wildman–Crippen LogP) is 7.81. The Morgan fingerprint density at radius 2 is 1.07 bits per heavy atom. The third-order valence-corrected chi connectivity index (χ3v) is 6.36. The van der Waals surface area contributed by atoms with E-state index in [9.17, 15) is 18.4 Å². The lowest BCUT2D eigenvalue weighted by Crippen LogP contribution is -2.17. The molecule has 0 aliphatic heterocycles. The second kappa shape index (κ2) is 11.6. The fourth-order valence-corrected chi connectivity index (χ4v) is 4.26. The van der Waals surface area contributed by atoms with Crippen LogP contribution < -0.4 is 15.4 Å². The van der Waals surface area contributed by atoms with Gasteiger partial charge in [0.15, 0.2) is 0 Å². The molecule has 0 aliphatic rings. The molecule has 0 saturated heterocycles. The Kier molecular flexibility index (Phi) is 7.64. The van der Waals surface area contributed by atoms with Crippen LogP contribution in [0.25, 0.3) is 22.3 Å². The van der Waals surface area contributed by atoms with Crippen LogP contribution in [0, 0.1) is 11.6 Å². The standard InChI is InChI=1S/C33H24F2N2O3/c1-40-31-17-14-25(32(38)36-29-15-12-23(19-27(29)34)21-8-4-2-5-9-21)18-26(31)33(39)37-30-16-13-24(20-28(30)35)22-10-6-3-7-11-22/h2-20H,1H3,(H,36,38)(H,37,39). The van der Waals surface area contributed by atoms with Gasteiger partial charge in [0.2, 0.25) is 0 Å². The summed E-state index contributed by atoms with van der Waals surface area (Å²) in [7, 11) is 1.38. The van der Waals surface area contributed by atoms with Crippen molar-refractivity contribution in [1.29, 1.82) is 0 Å². The Labute approximate surface area is 230 Å². The van der Waals surface area contributed by atoms with Gasteiger partial charge in [0, 0.05) is 5.56 Å². The smallest absolute Gasteiger partial charge is 0.259 e. The number of hydrogen-bond donors (Lipinski definition) is 2. The Morgan fingerprint density at radius 1 is 0.575 bits per heavy atom. The van der Waals surface area contributed by atoms with Crippen molar-refractivity contribution in [2.45, 2.75) is 0 Å². The van der Waals surface area contributed by atoms with Crippen LogP contribution in [-0.4, -0.2) is 18.9 Å². The zero-order chi connectivity index (χ0) is 28.1. The number of amides is 2. The molecule has 5 aromatic rings. The van der Waals surface area contributed by atoms with Crippen LogP contribution in [0.5, 0.6) is 5.75 Å². The summed E-state index contributed by atoms with van der Waals surface area (Å²) in [6.45, 7) is 0. The van der Waals surface area contributed by atoms with E-state index in [0.717, 1.165) is 11.1 Å². The summed E-state index contributed by atoms with van der Waals surface area (Å²) < 4.78 is 35.0. The van der Waals surface area contributed by atoms with Crippen LogP contribution in [0.4, 0.5) is 20.2 Å². The van der Waals surface area contributed by atoms with E-state index in [1.165, 1.54) is 49.6 Å². The van der Waals surface area contributed by atoms with Crippen LogP contribution in [0.2, 0.25) is 0 Å². The Balaban J connectivity index is 1.34. The van der Waals surface area contributed by atoms with Crippen molar-refractivity contribution in [3.8, 4) is 28.0 Å². The summed E-state index contributed by atoms with van der Waals surface area (Å²) in [6.07, 6.45) is 0. The van der Waals surface area contributed by atoms with E-state index in [-0.39, 0.29) is 28.3 Å². The number of methoxy groups -OCH3 is 1. The molecule has 0 aromatic heterocycles. The lowest BCUT2D eigenvalue weighted by atomic mass is 10.0. The van der Waals surface area contributed by atoms with Crippen molar-refractivity contribution in [3.05, 3.63) is 138 Å². The first-order chi connectivity index (χ1) is 19.4. The summed E-state index contributed by atoms with van der Waals surface area (Å²) in [5.41, 5.74) is 3.09. The first-order valence-electron chi connectivity index (χ1n) is 12.4. The van der Waals surface area contributed by atoms with Crippen LogP contribution >= 0.6 is 0 Å². The third kappa shape index (κ3) is 5.73. The number of ether oxygens (including phenoxy) is 1. The summed E-state index contributed by atoms with van der Waals surface area (Å²) >= 11 is 0. The topological polar surface area (TPSA) is 67.4 Å². The highest BCUT2D eigenvalue weighted by Crippen LogP contribution is 2.28. The van der Waals surface area contributed by atoms with Crippen LogP contribution in [-0.2, 0) is 0 Å². The van der Waals surface area contributed by atoms with E-state index in [4.69, 9.17) is 4.74 Å². The van der Waals surface area contributed by atoms with Gasteiger partial charge < -0.3 is 15.4 Å². The van der Waals surface area contributed by atoms with Crippen LogP contribution in [0.1, 0.15) is 20.7 Å². The molecule has 0 atom stereocenters. The molecule has 0 fully saturated rings. The Morgan fingerprint density at radius 3 is 1.55 bits per heavy atom. The minimum Gasteiger partial charge on any atom is -0.496 e. The molecule has 0 bridgehead atoms.